The number of unbranched alkanes of at least 4 members (excludes halogenated alkanes) is 18. The molecule has 0 saturated carbocycles. The highest BCUT2D eigenvalue weighted by Gasteiger charge is 2.19. The van der Waals surface area contributed by atoms with Crippen LogP contribution in [0.4, 0.5) is 0 Å². The van der Waals surface area contributed by atoms with E-state index in [0.29, 0.717) is 19.3 Å². The van der Waals surface area contributed by atoms with Crippen LogP contribution in [0.25, 0.3) is 0 Å². The van der Waals surface area contributed by atoms with Crippen LogP contribution in [0.1, 0.15) is 201 Å². The van der Waals surface area contributed by atoms with Crippen molar-refractivity contribution >= 4 is 17.9 Å². The zero-order chi connectivity index (χ0) is 44.4. The van der Waals surface area contributed by atoms with Gasteiger partial charge in [-0.3, -0.25) is 14.4 Å². The number of hydrogen-bond donors (Lipinski definition) is 0. The maximum Gasteiger partial charge on any atom is 0.306 e. The molecule has 0 aromatic heterocycles. The molecule has 1 unspecified atom stereocenters. The Hall–Kier alpha value is -3.93. The van der Waals surface area contributed by atoms with Crippen LogP contribution in [-0.4, -0.2) is 37.2 Å². The van der Waals surface area contributed by atoms with Crippen molar-refractivity contribution in [2.45, 2.75) is 207 Å². The molecular formula is C55H88O6. The molecule has 0 aliphatic carbocycles. The van der Waals surface area contributed by atoms with Gasteiger partial charge in [0.05, 0.1) is 0 Å². The summed E-state index contributed by atoms with van der Waals surface area (Å²) < 4.78 is 16.7. The maximum absolute atomic E-state index is 12.8. The number of hydrogen-bond acceptors (Lipinski definition) is 6. The highest BCUT2D eigenvalue weighted by atomic mass is 16.6. The molecule has 0 heterocycles. The molecule has 344 valence electrons. The van der Waals surface area contributed by atoms with Crippen LogP contribution in [-0.2, 0) is 28.6 Å². The molecule has 0 saturated heterocycles. The van der Waals surface area contributed by atoms with Crippen molar-refractivity contribution in [2.75, 3.05) is 13.2 Å². The molecule has 0 aromatic carbocycles. The van der Waals surface area contributed by atoms with Gasteiger partial charge in [-0.1, -0.05) is 214 Å². The summed E-state index contributed by atoms with van der Waals surface area (Å²) in [5.74, 6) is -1.03. The van der Waals surface area contributed by atoms with Gasteiger partial charge in [0.25, 0.3) is 0 Å². The lowest BCUT2D eigenvalue weighted by Crippen LogP contribution is -2.30. The lowest BCUT2D eigenvalue weighted by Gasteiger charge is -2.18. The van der Waals surface area contributed by atoms with Gasteiger partial charge in [0.15, 0.2) is 6.10 Å². The second-order valence-corrected chi connectivity index (χ2v) is 15.8. The van der Waals surface area contributed by atoms with Crippen molar-refractivity contribution in [3.8, 4) is 0 Å². The second kappa shape index (κ2) is 48.7. The van der Waals surface area contributed by atoms with Gasteiger partial charge in [-0.25, -0.2) is 0 Å². The molecule has 0 rings (SSSR count). The average Bonchev–Trinajstić information content (AvgIpc) is 3.26. The summed E-state index contributed by atoms with van der Waals surface area (Å²) in [6.45, 7) is 6.26. The molecule has 0 radical (unpaired) electrons. The smallest absolute Gasteiger partial charge is 0.306 e. The predicted octanol–water partition coefficient (Wildman–Crippen LogP) is 16.0. The first-order valence-electron chi connectivity index (χ1n) is 24.5. The zero-order valence-electron chi connectivity index (χ0n) is 39.1. The molecule has 0 amide bonds. The molecule has 0 fully saturated rings. The summed E-state index contributed by atoms with van der Waals surface area (Å²) in [6.07, 6.45) is 65.1. The summed E-state index contributed by atoms with van der Waals surface area (Å²) in [4.78, 5) is 37.9. The van der Waals surface area contributed by atoms with E-state index in [4.69, 9.17) is 14.2 Å². The number of carbonyl (C=O) groups is 3. The SMILES string of the molecule is CC/C=C/C=C/C=C/C=C/CCCCCCCC(=O)OCC(COC(=O)CC/C=C/C/C=C/CCCCCCCC)OC(=O)CCCCCCCCC/C=C/C=C/C=C/CC. The molecule has 1 atom stereocenters. The van der Waals surface area contributed by atoms with Crippen molar-refractivity contribution in [2.24, 2.45) is 0 Å². The minimum absolute atomic E-state index is 0.115. The van der Waals surface area contributed by atoms with E-state index in [1.807, 2.05) is 30.4 Å². The summed E-state index contributed by atoms with van der Waals surface area (Å²) in [7, 11) is 0. The minimum atomic E-state index is -0.818. The maximum atomic E-state index is 12.8. The Morgan fingerprint density at radius 1 is 0.361 bits per heavy atom. The van der Waals surface area contributed by atoms with Crippen LogP contribution >= 0.6 is 0 Å². The second-order valence-electron chi connectivity index (χ2n) is 15.8. The molecule has 61 heavy (non-hydrogen) atoms. The van der Waals surface area contributed by atoms with E-state index >= 15 is 0 Å². The van der Waals surface area contributed by atoms with E-state index in [-0.39, 0.29) is 37.5 Å². The standard InChI is InChI=1S/C55H88O6/c1-4-7-10-13-16-19-22-25-27-30-33-36-39-42-45-48-54(57)60-51-52(50-59-53(56)47-44-41-38-35-32-29-24-21-18-15-12-9-6-3)61-55(58)49-46-43-40-37-34-31-28-26-23-20-17-14-11-8-5-2/h7-8,10-11,13-14,16-17,19-20,22-23,25,27,29,32,38,41,52H,4-6,9,12,15,18,21,24,26,28,30-31,33-37,39-40,42-51H2,1-3H3/b10-7+,11-8+,16-13+,17-14+,22-19+,23-20+,27-25+,32-29+,41-38+. The first-order chi connectivity index (χ1) is 30.0. The Morgan fingerprint density at radius 3 is 1.23 bits per heavy atom. The first-order valence-corrected chi connectivity index (χ1v) is 24.5. The molecule has 0 spiro atoms. The molecule has 6 nitrogen and oxygen atoms in total. The number of carbonyl (C=O) groups excluding carboxylic acids is 3. The van der Waals surface area contributed by atoms with Gasteiger partial charge < -0.3 is 14.2 Å². The van der Waals surface area contributed by atoms with Crippen LogP contribution < -0.4 is 0 Å². The van der Waals surface area contributed by atoms with Gasteiger partial charge in [-0.05, 0) is 77.0 Å². The number of ether oxygens (including phenoxy) is 3. The summed E-state index contributed by atoms with van der Waals surface area (Å²) >= 11 is 0. The average molecular weight is 845 g/mol. The third-order valence-corrected chi connectivity index (χ3v) is 9.91. The van der Waals surface area contributed by atoms with Crippen molar-refractivity contribution in [3.63, 3.8) is 0 Å². The van der Waals surface area contributed by atoms with Crippen LogP contribution in [0.5, 0.6) is 0 Å². The number of allylic oxidation sites excluding steroid dienone is 18. The summed E-state index contributed by atoms with van der Waals surface area (Å²) in [5.41, 5.74) is 0. The topological polar surface area (TPSA) is 78.9 Å². The molecule has 0 aliphatic rings. The fourth-order valence-electron chi connectivity index (χ4n) is 6.27. The quantitative estimate of drug-likeness (QED) is 0.0200. The zero-order valence-corrected chi connectivity index (χ0v) is 39.1. The highest BCUT2D eigenvalue weighted by molar-refractivity contribution is 5.71. The van der Waals surface area contributed by atoms with Crippen LogP contribution in [0.2, 0.25) is 0 Å². The summed E-state index contributed by atoms with van der Waals surface area (Å²) in [6, 6.07) is 0. The monoisotopic (exact) mass is 845 g/mol. The Morgan fingerprint density at radius 2 is 0.738 bits per heavy atom. The van der Waals surface area contributed by atoms with Gasteiger partial charge in [0, 0.05) is 19.3 Å². The molecule has 0 N–H and O–H groups in total. The first kappa shape index (κ1) is 57.1. The fourth-order valence-corrected chi connectivity index (χ4v) is 6.27. The van der Waals surface area contributed by atoms with Crippen molar-refractivity contribution in [1.82, 2.24) is 0 Å². The molecule has 0 aliphatic heterocycles. The minimum Gasteiger partial charge on any atom is -0.462 e. The van der Waals surface area contributed by atoms with E-state index < -0.39 is 6.10 Å². The Labute approximate surface area is 374 Å². The van der Waals surface area contributed by atoms with Gasteiger partial charge in [0.2, 0.25) is 0 Å². The lowest BCUT2D eigenvalue weighted by atomic mass is 10.1. The molecule has 6 heteroatoms. The van der Waals surface area contributed by atoms with E-state index in [1.165, 1.54) is 57.8 Å². The largest absolute Gasteiger partial charge is 0.462 e. The van der Waals surface area contributed by atoms with Gasteiger partial charge >= 0.3 is 17.9 Å². The van der Waals surface area contributed by atoms with Gasteiger partial charge in [-0.15, -0.1) is 0 Å². The Bertz CT molecular complexity index is 1290. The third kappa shape index (κ3) is 47.0. The van der Waals surface area contributed by atoms with E-state index in [0.717, 1.165) is 96.3 Å². The lowest BCUT2D eigenvalue weighted by molar-refractivity contribution is -0.166. The fraction of sp³-hybridized carbons (Fsp3) is 0.618. The third-order valence-electron chi connectivity index (χ3n) is 9.91. The van der Waals surface area contributed by atoms with E-state index in [2.05, 4.69) is 99.8 Å². The van der Waals surface area contributed by atoms with Crippen LogP contribution in [0, 0.1) is 0 Å². The van der Waals surface area contributed by atoms with Crippen molar-refractivity contribution in [1.29, 1.82) is 0 Å². The molecule has 0 aromatic rings. The number of rotatable bonds is 42. The van der Waals surface area contributed by atoms with Crippen LogP contribution in [0.15, 0.2) is 109 Å². The predicted molar refractivity (Wildman–Crippen MR) is 260 cm³/mol. The van der Waals surface area contributed by atoms with E-state index in [1.54, 1.807) is 0 Å². The normalized spacial score (nSPS) is 13.0. The summed E-state index contributed by atoms with van der Waals surface area (Å²) in [5, 5.41) is 0. The molecule has 0 bridgehead atoms. The van der Waals surface area contributed by atoms with Gasteiger partial charge in [-0.2, -0.15) is 0 Å². The van der Waals surface area contributed by atoms with Crippen LogP contribution in [0.3, 0.4) is 0 Å². The molecular weight excluding hydrogens is 757 g/mol. The van der Waals surface area contributed by atoms with Crippen molar-refractivity contribution < 1.29 is 28.6 Å². The van der Waals surface area contributed by atoms with Crippen molar-refractivity contribution in [3.05, 3.63) is 109 Å². The highest BCUT2D eigenvalue weighted by Crippen LogP contribution is 2.13. The number of esters is 3. The van der Waals surface area contributed by atoms with E-state index in [9.17, 15) is 14.4 Å². The van der Waals surface area contributed by atoms with Gasteiger partial charge in [0.1, 0.15) is 13.2 Å². The Kier molecular flexibility index (Phi) is 45.6. The Balaban J connectivity index is 4.53.